The Kier molecular flexibility index (Phi) is 4.58. The first-order valence-corrected chi connectivity index (χ1v) is 8.61. The molecule has 0 spiro atoms. The molecule has 22 heavy (non-hydrogen) atoms. The van der Waals surface area contributed by atoms with Crippen molar-refractivity contribution in [2.75, 3.05) is 4.72 Å². The third kappa shape index (κ3) is 3.48. The van der Waals surface area contributed by atoms with Crippen molar-refractivity contribution in [3.8, 4) is 0 Å². The summed E-state index contributed by atoms with van der Waals surface area (Å²) in [6.07, 6.45) is 0. The zero-order valence-electron chi connectivity index (χ0n) is 11.9. The molecule has 0 aliphatic carbocycles. The number of rotatable bonds is 4. The lowest BCUT2D eigenvalue weighted by Gasteiger charge is -2.14. The number of carboxylic acid groups (broad SMARTS) is 1. The van der Waals surface area contributed by atoms with Crippen molar-refractivity contribution < 1.29 is 18.3 Å². The summed E-state index contributed by atoms with van der Waals surface area (Å²) in [4.78, 5) is 11.4. The van der Waals surface area contributed by atoms with Gasteiger partial charge in [-0.3, -0.25) is 4.72 Å². The molecule has 0 amide bonds. The summed E-state index contributed by atoms with van der Waals surface area (Å²) in [6.45, 7) is 3.42. The van der Waals surface area contributed by atoms with Gasteiger partial charge < -0.3 is 5.11 Å². The second-order valence-electron chi connectivity index (χ2n) is 4.87. The Labute approximate surface area is 137 Å². The molecule has 0 saturated carbocycles. The zero-order valence-corrected chi connectivity index (χ0v) is 14.3. The van der Waals surface area contributed by atoms with Gasteiger partial charge in [-0.2, -0.15) is 0 Å². The minimum Gasteiger partial charge on any atom is -0.478 e. The van der Waals surface area contributed by atoms with Gasteiger partial charge in [-0.1, -0.05) is 22.0 Å². The first-order valence-electron chi connectivity index (χ1n) is 6.33. The fourth-order valence-corrected chi connectivity index (χ4v) is 3.50. The van der Waals surface area contributed by atoms with Gasteiger partial charge in [-0.25, -0.2) is 13.2 Å². The van der Waals surface area contributed by atoms with Crippen molar-refractivity contribution in [2.45, 2.75) is 18.7 Å². The van der Waals surface area contributed by atoms with Gasteiger partial charge in [-0.05, 0) is 55.3 Å². The Bertz CT molecular complexity index is 829. The van der Waals surface area contributed by atoms with Crippen LogP contribution in [0.3, 0.4) is 0 Å². The first-order chi connectivity index (χ1) is 10.2. The number of aryl methyl sites for hydroxylation is 2. The van der Waals surface area contributed by atoms with Crippen LogP contribution < -0.4 is 4.72 Å². The second kappa shape index (κ2) is 6.10. The number of nitrogens with one attached hydrogen (secondary N) is 1. The van der Waals surface area contributed by atoms with E-state index in [0.29, 0.717) is 5.56 Å². The molecule has 0 unspecified atom stereocenters. The Morgan fingerprint density at radius 1 is 1.14 bits per heavy atom. The van der Waals surface area contributed by atoms with E-state index in [1.165, 1.54) is 18.2 Å². The summed E-state index contributed by atoms with van der Waals surface area (Å²) in [5.41, 5.74) is 1.32. The third-order valence-electron chi connectivity index (χ3n) is 3.07. The number of carboxylic acids is 1. The minimum atomic E-state index is -3.86. The molecule has 116 valence electrons. The molecule has 2 aromatic rings. The fraction of sp³-hybridized carbons (Fsp3) is 0.133. The molecule has 0 aliphatic rings. The largest absolute Gasteiger partial charge is 0.478 e. The number of benzene rings is 2. The summed E-state index contributed by atoms with van der Waals surface area (Å²) >= 11 is 3.24. The molecule has 0 bridgehead atoms. The SMILES string of the molecule is Cc1cc(C)c(NS(=O)(=O)c2ccc(Br)cc2)c(C(=O)O)c1. The Morgan fingerprint density at radius 3 is 2.27 bits per heavy atom. The van der Waals surface area contributed by atoms with Crippen LogP contribution in [0, 0.1) is 13.8 Å². The molecule has 0 aliphatic heterocycles. The van der Waals surface area contributed by atoms with Crippen LogP contribution in [0.25, 0.3) is 0 Å². The Morgan fingerprint density at radius 2 is 1.73 bits per heavy atom. The van der Waals surface area contributed by atoms with Gasteiger partial charge in [0.25, 0.3) is 10.0 Å². The van der Waals surface area contributed by atoms with Gasteiger partial charge in [0.1, 0.15) is 0 Å². The number of aromatic carboxylic acids is 1. The van der Waals surface area contributed by atoms with E-state index in [1.54, 1.807) is 32.0 Å². The minimum absolute atomic E-state index is 0.0620. The van der Waals surface area contributed by atoms with Gasteiger partial charge in [0, 0.05) is 4.47 Å². The maximum absolute atomic E-state index is 12.4. The van der Waals surface area contributed by atoms with Crippen LogP contribution in [0.4, 0.5) is 5.69 Å². The molecule has 0 aromatic heterocycles. The van der Waals surface area contributed by atoms with Crippen LogP contribution in [0.5, 0.6) is 0 Å². The molecule has 0 radical (unpaired) electrons. The highest BCUT2D eigenvalue weighted by atomic mass is 79.9. The third-order valence-corrected chi connectivity index (χ3v) is 4.96. The maximum Gasteiger partial charge on any atom is 0.337 e. The molecule has 2 N–H and O–H groups in total. The van der Waals surface area contributed by atoms with E-state index in [0.717, 1.165) is 10.0 Å². The number of sulfonamides is 1. The highest BCUT2D eigenvalue weighted by Crippen LogP contribution is 2.26. The van der Waals surface area contributed by atoms with Crippen molar-refractivity contribution >= 4 is 37.6 Å². The van der Waals surface area contributed by atoms with E-state index in [-0.39, 0.29) is 16.1 Å². The summed E-state index contributed by atoms with van der Waals surface area (Å²) < 4.78 is 27.9. The lowest BCUT2D eigenvalue weighted by Crippen LogP contribution is -2.16. The van der Waals surface area contributed by atoms with Crippen LogP contribution in [-0.4, -0.2) is 19.5 Å². The normalized spacial score (nSPS) is 11.2. The Hall–Kier alpha value is -1.86. The summed E-state index contributed by atoms with van der Waals surface area (Å²) in [5, 5.41) is 9.28. The molecule has 7 heteroatoms. The van der Waals surface area contributed by atoms with Gasteiger partial charge in [0.2, 0.25) is 0 Å². The molecule has 0 heterocycles. The monoisotopic (exact) mass is 383 g/mol. The first kappa shape index (κ1) is 16.5. The van der Waals surface area contributed by atoms with Crippen molar-refractivity contribution in [3.05, 3.63) is 57.6 Å². The van der Waals surface area contributed by atoms with Gasteiger partial charge >= 0.3 is 5.97 Å². The topological polar surface area (TPSA) is 83.5 Å². The van der Waals surface area contributed by atoms with Crippen molar-refractivity contribution in [3.63, 3.8) is 0 Å². The molecular formula is C15H14BrNO4S. The molecule has 5 nitrogen and oxygen atoms in total. The van der Waals surface area contributed by atoms with E-state index in [2.05, 4.69) is 20.7 Å². The molecule has 0 atom stereocenters. The summed E-state index contributed by atoms with van der Waals surface area (Å²) in [6, 6.07) is 9.26. The van der Waals surface area contributed by atoms with Gasteiger partial charge in [-0.15, -0.1) is 0 Å². The average molecular weight is 384 g/mol. The van der Waals surface area contributed by atoms with Crippen LogP contribution >= 0.6 is 15.9 Å². The molecular weight excluding hydrogens is 370 g/mol. The average Bonchev–Trinajstić information content (AvgIpc) is 2.41. The van der Waals surface area contributed by atoms with E-state index in [4.69, 9.17) is 0 Å². The lowest BCUT2D eigenvalue weighted by atomic mass is 10.0. The predicted molar refractivity (Wildman–Crippen MR) is 87.8 cm³/mol. The highest BCUT2D eigenvalue weighted by Gasteiger charge is 2.20. The van der Waals surface area contributed by atoms with Crippen LogP contribution in [-0.2, 0) is 10.0 Å². The lowest BCUT2D eigenvalue weighted by molar-refractivity contribution is 0.0698. The number of hydrogen-bond donors (Lipinski definition) is 2. The van der Waals surface area contributed by atoms with Gasteiger partial charge in [0.15, 0.2) is 0 Å². The maximum atomic E-state index is 12.4. The zero-order chi connectivity index (χ0) is 16.5. The van der Waals surface area contributed by atoms with Crippen LogP contribution in [0.15, 0.2) is 45.8 Å². The fourth-order valence-electron chi connectivity index (χ4n) is 2.08. The molecule has 2 aromatic carbocycles. The molecule has 0 saturated heterocycles. The van der Waals surface area contributed by atoms with E-state index >= 15 is 0 Å². The number of anilines is 1. The number of hydrogen-bond acceptors (Lipinski definition) is 3. The van der Waals surface area contributed by atoms with Crippen molar-refractivity contribution in [2.24, 2.45) is 0 Å². The standard InChI is InChI=1S/C15H14BrNO4S/c1-9-7-10(2)14(13(8-9)15(18)19)17-22(20,21)12-5-3-11(16)4-6-12/h3-8,17H,1-2H3,(H,18,19). The summed E-state index contributed by atoms with van der Waals surface area (Å²) in [7, 11) is -3.86. The predicted octanol–water partition coefficient (Wildman–Crippen LogP) is 3.56. The van der Waals surface area contributed by atoms with Crippen LogP contribution in [0.1, 0.15) is 21.5 Å². The molecule has 0 fully saturated rings. The highest BCUT2D eigenvalue weighted by molar-refractivity contribution is 9.10. The second-order valence-corrected chi connectivity index (χ2v) is 7.47. The van der Waals surface area contributed by atoms with Gasteiger partial charge in [0.05, 0.1) is 16.1 Å². The van der Waals surface area contributed by atoms with E-state index in [9.17, 15) is 18.3 Å². The van der Waals surface area contributed by atoms with Crippen LogP contribution in [0.2, 0.25) is 0 Å². The quantitative estimate of drug-likeness (QED) is 0.844. The Balaban J connectivity index is 2.50. The smallest absolute Gasteiger partial charge is 0.337 e. The molecule has 2 rings (SSSR count). The number of halogens is 1. The van der Waals surface area contributed by atoms with E-state index in [1.807, 2.05) is 0 Å². The van der Waals surface area contributed by atoms with Crippen molar-refractivity contribution in [1.82, 2.24) is 0 Å². The number of carbonyl (C=O) groups is 1. The van der Waals surface area contributed by atoms with E-state index < -0.39 is 16.0 Å². The van der Waals surface area contributed by atoms with Crippen molar-refractivity contribution in [1.29, 1.82) is 0 Å². The summed E-state index contributed by atoms with van der Waals surface area (Å²) in [5.74, 6) is -1.18.